The fraction of sp³-hybridized carbons (Fsp3) is 0.846. The molecule has 4 aliphatic heterocycles. The molecular weight excluding hydrogens is 258 g/mol. The van der Waals surface area contributed by atoms with Gasteiger partial charge in [-0.25, -0.2) is 0 Å². The molecule has 2 bridgehead atoms. The molecule has 110 valence electrons. The highest BCUT2D eigenvalue weighted by Crippen LogP contribution is 2.33. The highest BCUT2D eigenvalue weighted by Gasteiger charge is 2.37. The maximum Gasteiger partial charge on any atom is 0.255 e. The normalized spacial score (nSPS) is 40.4. The SMILES string of the molecule is NCC1CCC(c2nc(C3CN4CCN3CC4)no2)O1. The zero-order chi connectivity index (χ0) is 13.5. The standard InChI is InChI=1S/C13H21N5O2/c14-7-9-1-2-11(19-9)13-15-12(16-20-13)10-8-17-3-5-18(10)6-4-17/h9-11H,1-8,14H2. The monoisotopic (exact) mass is 279 g/mol. The summed E-state index contributed by atoms with van der Waals surface area (Å²) < 4.78 is 11.2. The maximum absolute atomic E-state index is 5.81. The third-order valence-electron chi connectivity index (χ3n) is 4.68. The fourth-order valence-electron chi connectivity index (χ4n) is 3.44. The molecule has 4 aliphatic rings. The van der Waals surface area contributed by atoms with E-state index in [1.165, 1.54) is 0 Å². The van der Waals surface area contributed by atoms with Crippen LogP contribution in [0.2, 0.25) is 0 Å². The van der Waals surface area contributed by atoms with Crippen LogP contribution < -0.4 is 5.73 Å². The van der Waals surface area contributed by atoms with Crippen molar-refractivity contribution in [2.45, 2.75) is 31.1 Å². The summed E-state index contributed by atoms with van der Waals surface area (Å²) >= 11 is 0. The minimum atomic E-state index is -0.0686. The van der Waals surface area contributed by atoms with Crippen LogP contribution in [0, 0.1) is 0 Å². The summed E-state index contributed by atoms with van der Waals surface area (Å²) in [4.78, 5) is 9.51. The minimum absolute atomic E-state index is 0.0686. The second kappa shape index (κ2) is 5.07. The summed E-state index contributed by atoms with van der Waals surface area (Å²) in [5.74, 6) is 1.43. The summed E-state index contributed by atoms with van der Waals surface area (Å²) in [7, 11) is 0. The van der Waals surface area contributed by atoms with Crippen LogP contribution in [0.5, 0.6) is 0 Å². The number of hydrogen-bond donors (Lipinski definition) is 1. The summed E-state index contributed by atoms with van der Waals surface area (Å²) in [5.41, 5.74) is 5.63. The van der Waals surface area contributed by atoms with Crippen LogP contribution in [-0.2, 0) is 4.74 Å². The van der Waals surface area contributed by atoms with Gasteiger partial charge in [-0.1, -0.05) is 5.16 Å². The van der Waals surface area contributed by atoms with E-state index >= 15 is 0 Å². The molecule has 1 aromatic rings. The number of rotatable bonds is 3. The first-order chi connectivity index (χ1) is 9.83. The molecule has 2 N–H and O–H groups in total. The molecule has 7 nitrogen and oxygen atoms in total. The van der Waals surface area contributed by atoms with E-state index < -0.39 is 0 Å². The van der Waals surface area contributed by atoms with Gasteiger partial charge in [0.25, 0.3) is 5.89 Å². The van der Waals surface area contributed by atoms with Crippen LogP contribution in [0.3, 0.4) is 0 Å². The molecule has 20 heavy (non-hydrogen) atoms. The van der Waals surface area contributed by atoms with Crippen LogP contribution in [0.4, 0.5) is 0 Å². The Balaban J connectivity index is 1.48. The Bertz CT molecular complexity index is 471. The van der Waals surface area contributed by atoms with Gasteiger partial charge in [-0.2, -0.15) is 4.98 Å². The Hall–Kier alpha value is -1.02. The number of aromatic nitrogens is 2. The summed E-state index contributed by atoms with van der Waals surface area (Å²) in [6.45, 7) is 6.09. The molecular formula is C13H21N5O2. The highest BCUT2D eigenvalue weighted by molar-refractivity contribution is 5.03. The van der Waals surface area contributed by atoms with Gasteiger partial charge in [0.2, 0.25) is 0 Å². The third-order valence-corrected chi connectivity index (χ3v) is 4.68. The molecule has 1 aromatic heterocycles. The van der Waals surface area contributed by atoms with Gasteiger partial charge in [0.05, 0.1) is 12.1 Å². The van der Waals surface area contributed by atoms with Crippen LogP contribution in [0.1, 0.15) is 36.7 Å². The molecule has 0 spiro atoms. The lowest BCUT2D eigenvalue weighted by atomic mass is 10.1. The first-order valence-electron chi connectivity index (χ1n) is 7.49. The Labute approximate surface area is 118 Å². The zero-order valence-electron chi connectivity index (χ0n) is 11.6. The average Bonchev–Trinajstić information content (AvgIpc) is 3.17. The van der Waals surface area contributed by atoms with Crippen molar-refractivity contribution in [3.63, 3.8) is 0 Å². The molecule has 3 unspecified atom stereocenters. The lowest BCUT2D eigenvalue weighted by Crippen LogP contribution is -2.57. The Kier molecular flexibility index (Phi) is 3.22. The topological polar surface area (TPSA) is 80.7 Å². The van der Waals surface area contributed by atoms with Gasteiger partial charge in [-0.3, -0.25) is 9.80 Å². The van der Waals surface area contributed by atoms with Crippen LogP contribution in [-0.4, -0.2) is 65.3 Å². The van der Waals surface area contributed by atoms with Crippen molar-refractivity contribution in [3.05, 3.63) is 11.7 Å². The molecule has 0 amide bonds. The molecule has 0 aromatic carbocycles. The molecule has 4 fully saturated rings. The van der Waals surface area contributed by atoms with Crippen molar-refractivity contribution in [1.82, 2.24) is 19.9 Å². The molecule has 0 radical (unpaired) electrons. The Morgan fingerprint density at radius 3 is 2.70 bits per heavy atom. The number of nitrogens with two attached hydrogens (primary N) is 1. The lowest BCUT2D eigenvalue weighted by molar-refractivity contribution is 0.00780. The molecule has 5 rings (SSSR count). The molecule has 3 atom stereocenters. The molecule has 0 saturated carbocycles. The first kappa shape index (κ1) is 12.7. The number of nitrogens with zero attached hydrogens (tertiary/aromatic N) is 4. The van der Waals surface area contributed by atoms with Crippen molar-refractivity contribution in [3.8, 4) is 0 Å². The zero-order valence-corrected chi connectivity index (χ0v) is 11.6. The Morgan fingerprint density at radius 2 is 2.05 bits per heavy atom. The van der Waals surface area contributed by atoms with Gasteiger partial charge < -0.3 is 15.0 Å². The quantitative estimate of drug-likeness (QED) is 0.829. The summed E-state index contributed by atoms with van der Waals surface area (Å²) in [6, 6.07) is 0.279. The van der Waals surface area contributed by atoms with E-state index in [0.29, 0.717) is 12.4 Å². The van der Waals surface area contributed by atoms with Crippen LogP contribution in [0.15, 0.2) is 4.52 Å². The minimum Gasteiger partial charge on any atom is -0.364 e. The van der Waals surface area contributed by atoms with E-state index in [-0.39, 0.29) is 18.2 Å². The molecule has 0 aliphatic carbocycles. The highest BCUT2D eigenvalue weighted by atomic mass is 16.5. The van der Waals surface area contributed by atoms with Crippen LogP contribution >= 0.6 is 0 Å². The predicted molar refractivity (Wildman–Crippen MR) is 71.0 cm³/mol. The van der Waals surface area contributed by atoms with E-state index in [0.717, 1.165) is 51.4 Å². The molecule has 5 heterocycles. The van der Waals surface area contributed by atoms with Crippen molar-refractivity contribution >= 4 is 0 Å². The van der Waals surface area contributed by atoms with Gasteiger partial charge in [0.1, 0.15) is 6.10 Å². The maximum atomic E-state index is 5.81. The van der Waals surface area contributed by atoms with Gasteiger partial charge in [-0.05, 0) is 12.8 Å². The van der Waals surface area contributed by atoms with Crippen molar-refractivity contribution in [2.75, 3.05) is 39.3 Å². The number of fused-ring (bicyclic) bond motifs is 3. The van der Waals surface area contributed by atoms with Crippen molar-refractivity contribution < 1.29 is 9.26 Å². The largest absolute Gasteiger partial charge is 0.364 e. The fourth-order valence-corrected chi connectivity index (χ4v) is 3.44. The summed E-state index contributed by atoms with van der Waals surface area (Å²) in [5, 5.41) is 4.19. The van der Waals surface area contributed by atoms with Gasteiger partial charge in [0, 0.05) is 39.3 Å². The lowest BCUT2D eigenvalue weighted by Gasteiger charge is -2.46. The smallest absolute Gasteiger partial charge is 0.255 e. The van der Waals surface area contributed by atoms with E-state index in [1.54, 1.807) is 0 Å². The van der Waals surface area contributed by atoms with Crippen molar-refractivity contribution in [2.24, 2.45) is 5.73 Å². The third kappa shape index (κ3) is 2.14. The second-order valence-corrected chi connectivity index (χ2v) is 5.90. The van der Waals surface area contributed by atoms with Gasteiger partial charge in [0.15, 0.2) is 5.82 Å². The summed E-state index contributed by atoms with van der Waals surface area (Å²) in [6.07, 6.45) is 1.96. The Morgan fingerprint density at radius 1 is 1.20 bits per heavy atom. The van der Waals surface area contributed by atoms with E-state index in [9.17, 15) is 0 Å². The van der Waals surface area contributed by atoms with Gasteiger partial charge >= 0.3 is 0 Å². The molecule has 4 saturated heterocycles. The van der Waals surface area contributed by atoms with Crippen molar-refractivity contribution in [1.29, 1.82) is 0 Å². The first-order valence-corrected chi connectivity index (χ1v) is 7.49. The van der Waals surface area contributed by atoms with E-state index in [4.69, 9.17) is 15.0 Å². The van der Waals surface area contributed by atoms with E-state index in [1.807, 2.05) is 0 Å². The van der Waals surface area contributed by atoms with E-state index in [2.05, 4.69) is 19.9 Å². The predicted octanol–water partition coefficient (Wildman–Crippen LogP) is -0.0793. The average molecular weight is 279 g/mol. The number of ether oxygens (including phenoxy) is 1. The number of hydrogen-bond acceptors (Lipinski definition) is 7. The van der Waals surface area contributed by atoms with Gasteiger partial charge in [-0.15, -0.1) is 0 Å². The number of piperazine rings is 3. The molecule has 7 heteroatoms. The second-order valence-electron chi connectivity index (χ2n) is 5.90. The van der Waals surface area contributed by atoms with Crippen LogP contribution in [0.25, 0.3) is 0 Å².